The minimum Gasteiger partial charge on any atom is -0.392 e. The van der Waals surface area contributed by atoms with E-state index in [1.165, 1.54) is 32.1 Å². The summed E-state index contributed by atoms with van der Waals surface area (Å²) in [5, 5.41) is 10.6. The Kier molecular flexibility index (Phi) is 5.32. The molecular weight excluding hydrogens is 192 g/mol. The summed E-state index contributed by atoms with van der Waals surface area (Å²) in [6.45, 7) is 6.34. The zero-order valence-electron chi connectivity index (χ0n) is 9.70. The Labute approximate surface area is 92.7 Å². The van der Waals surface area contributed by atoms with Crippen LogP contribution in [0.15, 0.2) is 0 Å². The number of thioether (sulfide) groups is 1. The molecule has 0 heterocycles. The molecule has 1 aliphatic carbocycles. The molecule has 0 aliphatic heterocycles. The van der Waals surface area contributed by atoms with Gasteiger partial charge in [0.15, 0.2) is 0 Å². The van der Waals surface area contributed by atoms with Crippen molar-refractivity contribution in [2.24, 2.45) is 5.92 Å². The molecule has 2 atom stereocenters. The van der Waals surface area contributed by atoms with Crippen LogP contribution in [-0.2, 0) is 0 Å². The van der Waals surface area contributed by atoms with Crippen LogP contribution in [0.4, 0.5) is 0 Å². The van der Waals surface area contributed by atoms with Gasteiger partial charge in [-0.3, -0.25) is 0 Å². The predicted molar refractivity (Wildman–Crippen MR) is 64.8 cm³/mol. The molecule has 0 radical (unpaired) electrons. The minimum atomic E-state index is -0.163. The molecule has 1 aliphatic rings. The molecule has 1 N–H and O–H groups in total. The molecule has 1 fully saturated rings. The third-order valence-electron chi connectivity index (χ3n) is 3.46. The molecule has 1 nitrogen and oxygen atoms in total. The number of aliphatic hydroxyl groups excluding tert-OH is 1. The highest BCUT2D eigenvalue weighted by Gasteiger charge is 2.23. The Bertz CT molecular complexity index is 150. The third kappa shape index (κ3) is 3.82. The molecule has 14 heavy (non-hydrogen) atoms. The summed E-state index contributed by atoms with van der Waals surface area (Å²) < 4.78 is 0. The van der Waals surface area contributed by atoms with Crippen molar-refractivity contribution in [1.29, 1.82) is 0 Å². The largest absolute Gasteiger partial charge is 0.392 e. The molecule has 0 aromatic heterocycles. The number of aliphatic hydroxyl groups is 1. The molecule has 0 aromatic rings. The van der Waals surface area contributed by atoms with Crippen LogP contribution < -0.4 is 0 Å². The van der Waals surface area contributed by atoms with Crippen molar-refractivity contribution in [3.05, 3.63) is 0 Å². The average molecular weight is 216 g/mol. The molecule has 2 unspecified atom stereocenters. The van der Waals surface area contributed by atoms with E-state index in [0.717, 1.165) is 11.2 Å². The van der Waals surface area contributed by atoms with E-state index in [2.05, 4.69) is 13.8 Å². The predicted octanol–water partition coefficient (Wildman–Crippen LogP) is 3.46. The molecule has 84 valence electrons. The van der Waals surface area contributed by atoms with E-state index in [9.17, 15) is 5.11 Å². The van der Waals surface area contributed by atoms with E-state index in [0.29, 0.717) is 5.25 Å². The van der Waals surface area contributed by atoms with Crippen LogP contribution in [-0.4, -0.2) is 21.7 Å². The molecule has 0 amide bonds. The highest BCUT2D eigenvalue weighted by molar-refractivity contribution is 8.00. The van der Waals surface area contributed by atoms with Crippen LogP contribution in [0.5, 0.6) is 0 Å². The third-order valence-corrected chi connectivity index (χ3v) is 5.14. The van der Waals surface area contributed by atoms with Gasteiger partial charge in [0.25, 0.3) is 0 Å². The molecule has 0 spiro atoms. The lowest BCUT2D eigenvalue weighted by atomic mass is 9.87. The highest BCUT2D eigenvalue weighted by atomic mass is 32.2. The topological polar surface area (TPSA) is 20.2 Å². The van der Waals surface area contributed by atoms with Crippen molar-refractivity contribution in [1.82, 2.24) is 0 Å². The van der Waals surface area contributed by atoms with Crippen LogP contribution in [0, 0.1) is 5.92 Å². The van der Waals surface area contributed by atoms with Crippen molar-refractivity contribution in [2.75, 3.05) is 0 Å². The molecule has 2 heteroatoms. The van der Waals surface area contributed by atoms with Crippen molar-refractivity contribution >= 4 is 11.8 Å². The molecule has 0 bridgehead atoms. The standard InChI is InChI=1S/C12H24OS/c1-4-11-5-7-12(8-6-11)14-10(3)9(2)13/h9-13H,4-8H2,1-3H3. The Morgan fingerprint density at radius 1 is 1.21 bits per heavy atom. The van der Waals surface area contributed by atoms with Crippen LogP contribution >= 0.6 is 11.8 Å². The van der Waals surface area contributed by atoms with Crippen molar-refractivity contribution < 1.29 is 5.11 Å². The van der Waals surface area contributed by atoms with Gasteiger partial charge in [0.05, 0.1) is 6.10 Å². The first-order valence-corrected chi connectivity index (χ1v) is 6.91. The van der Waals surface area contributed by atoms with Crippen LogP contribution in [0.3, 0.4) is 0 Å². The van der Waals surface area contributed by atoms with Crippen LogP contribution in [0.2, 0.25) is 0 Å². The first-order valence-electron chi connectivity index (χ1n) is 5.97. The lowest BCUT2D eigenvalue weighted by Crippen LogP contribution is -2.22. The van der Waals surface area contributed by atoms with Crippen LogP contribution in [0.25, 0.3) is 0 Å². The molecular formula is C12H24OS. The number of rotatable bonds is 4. The van der Waals surface area contributed by atoms with E-state index in [4.69, 9.17) is 0 Å². The molecule has 1 rings (SSSR count). The summed E-state index contributed by atoms with van der Waals surface area (Å²) in [6, 6.07) is 0. The van der Waals surface area contributed by atoms with Gasteiger partial charge >= 0.3 is 0 Å². The summed E-state index contributed by atoms with van der Waals surface area (Å²) in [7, 11) is 0. The van der Waals surface area contributed by atoms with Gasteiger partial charge < -0.3 is 5.11 Å². The van der Waals surface area contributed by atoms with Gasteiger partial charge in [0.2, 0.25) is 0 Å². The zero-order chi connectivity index (χ0) is 10.6. The van der Waals surface area contributed by atoms with Gasteiger partial charge in [0.1, 0.15) is 0 Å². The number of hydrogen-bond acceptors (Lipinski definition) is 2. The minimum absolute atomic E-state index is 0.163. The van der Waals surface area contributed by atoms with E-state index < -0.39 is 0 Å². The first-order chi connectivity index (χ1) is 6.63. The lowest BCUT2D eigenvalue weighted by molar-refractivity contribution is 0.196. The normalized spacial score (nSPS) is 32.6. The second-order valence-electron chi connectivity index (χ2n) is 4.63. The maximum Gasteiger partial charge on any atom is 0.0628 e. The first kappa shape index (κ1) is 12.4. The second kappa shape index (κ2) is 6.02. The Morgan fingerprint density at radius 3 is 2.21 bits per heavy atom. The van der Waals surface area contributed by atoms with Gasteiger partial charge in [0, 0.05) is 10.5 Å². The highest BCUT2D eigenvalue weighted by Crippen LogP contribution is 2.35. The van der Waals surface area contributed by atoms with Gasteiger partial charge in [-0.1, -0.05) is 20.3 Å². The van der Waals surface area contributed by atoms with E-state index in [1.54, 1.807) is 0 Å². The summed E-state index contributed by atoms with van der Waals surface area (Å²) in [5.41, 5.74) is 0. The fourth-order valence-electron chi connectivity index (χ4n) is 2.09. The fourth-order valence-corrected chi connectivity index (χ4v) is 3.47. The summed E-state index contributed by atoms with van der Waals surface area (Å²) in [6.07, 6.45) is 6.72. The average Bonchev–Trinajstić information content (AvgIpc) is 2.19. The number of hydrogen-bond donors (Lipinski definition) is 1. The van der Waals surface area contributed by atoms with Gasteiger partial charge in [-0.25, -0.2) is 0 Å². The smallest absolute Gasteiger partial charge is 0.0628 e. The SMILES string of the molecule is CCC1CCC(SC(C)C(C)O)CC1. The quantitative estimate of drug-likeness (QED) is 0.776. The Balaban J connectivity index is 2.22. The van der Waals surface area contributed by atoms with Crippen molar-refractivity contribution in [2.45, 2.75) is 69.5 Å². The van der Waals surface area contributed by atoms with E-state index >= 15 is 0 Å². The van der Waals surface area contributed by atoms with E-state index in [-0.39, 0.29) is 6.10 Å². The molecule has 0 aromatic carbocycles. The fraction of sp³-hybridized carbons (Fsp3) is 1.00. The maximum atomic E-state index is 9.43. The van der Waals surface area contributed by atoms with Gasteiger partial charge in [-0.05, 0) is 38.5 Å². The van der Waals surface area contributed by atoms with Crippen molar-refractivity contribution in [3.63, 3.8) is 0 Å². The molecule has 0 saturated heterocycles. The summed E-state index contributed by atoms with van der Waals surface area (Å²) in [5.74, 6) is 0.980. The molecule has 1 saturated carbocycles. The second-order valence-corrected chi connectivity index (χ2v) is 6.32. The monoisotopic (exact) mass is 216 g/mol. The summed E-state index contributed by atoms with van der Waals surface area (Å²) >= 11 is 1.99. The zero-order valence-corrected chi connectivity index (χ0v) is 10.5. The maximum absolute atomic E-state index is 9.43. The Morgan fingerprint density at radius 2 is 1.79 bits per heavy atom. The van der Waals surface area contributed by atoms with Gasteiger partial charge in [-0.15, -0.1) is 0 Å². The van der Waals surface area contributed by atoms with Crippen LogP contribution in [0.1, 0.15) is 52.9 Å². The van der Waals surface area contributed by atoms with Gasteiger partial charge in [-0.2, -0.15) is 11.8 Å². The van der Waals surface area contributed by atoms with Crippen molar-refractivity contribution in [3.8, 4) is 0 Å². The lowest BCUT2D eigenvalue weighted by Gasteiger charge is -2.29. The van der Waals surface area contributed by atoms with E-state index in [1.807, 2.05) is 18.7 Å². The summed E-state index contributed by atoms with van der Waals surface area (Å²) in [4.78, 5) is 0. The Hall–Kier alpha value is 0.310.